The summed E-state index contributed by atoms with van der Waals surface area (Å²) in [5.41, 5.74) is 1.49. The third-order valence-electron chi connectivity index (χ3n) is 2.33. The summed E-state index contributed by atoms with van der Waals surface area (Å²) in [5, 5.41) is 18.1. The van der Waals surface area contributed by atoms with Crippen molar-refractivity contribution in [3.63, 3.8) is 0 Å². The van der Waals surface area contributed by atoms with Gasteiger partial charge in [0.1, 0.15) is 12.2 Å². The van der Waals surface area contributed by atoms with E-state index in [1.54, 1.807) is 12.1 Å². The number of hydrogen-bond acceptors (Lipinski definition) is 2. The Hall–Kier alpha value is -1.95. The fourth-order valence-electron chi connectivity index (χ4n) is 1.32. The Morgan fingerprint density at radius 2 is 2.00 bits per heavy atom. The van der Waals surface area contributed by atoms with Gasteiger partial charge < -0.3 is 10.2 Å². The number of carbonyl (C=O) groups is 1. The van der Waals surface area contributed by atoms with Gasteiger partial charge in [-0.05, 0) is 23.1 Å². The third-order valence-corrected chi connectivity index (χ3v) is 2.33. The summed E-state index contributed by atoms with van der Waals surface area (Å²) in [4.78, 5) is 10.3. The molecule has 90 valence electrons. The summed E-state index contributed by atoms with van der Waals surface area (Å²) < 4.78 is 0. The Balaban J connectivity index is 3.06. The molecule has 1 rings (SSSR count). The van der Waals surface area contributed by atoms with Crippen LogP contribution in [0.5, 0.6) is 5.75 Å². The van der Waals surface area contributed by atoms with E-state index >= 15 is 0 Å². The zero-order valence-corrected chi connectivity index (χ0v) is 10.2. The van der Waals surface area contributed by atoms with Crippen molar-refractivity contribution in [2.75, 3.05) is 0 Å². The molecule has 17 heavy (non-hydrogen) atoms. The van der Waals surface area contributed by atoms with Gasteiger partial charge in [0.15, 0.2) is 0 Å². The Bertz CT molecular complexity index is 484. The predicted molar refractivity (Wildman–Crippen MR) is 65.9 cm³/mol. The van der Waals surface area contributed by atoms with Gasteiger partial charge in [-0.15, -0.1) is 0 Å². The van der Waals surface area contributed by atoms with Crippen molar-refractivity contribution in [3.8, 4) is 17.6 Å². The highest BCUT2D eigenvalue weighted by Gasteiger charge is 2.14. The van der Waals surface area contributed by atoms with Crippen molar-refractivity contribution in [2.45, 2.75) is 32.6 Å². The average Bonchev–Trinajstić information content (AvgIpc) is 2.18. The first kappa shape index (κ1) is 13.1. The van der Waals surface area contributed by atoms with E-state index in [4.69, 9.17) is 5.11 Å². The van der Waals surface area contributed by atoms with Gasteiger partial charge in [0.2, 0.25) is 0 Å². The summed E-state index contributed by atoms with van der Waals surface area (Å²) in [6.07, 6.45) is -0.223. The molecule has 0 aliphatic heterocycles. The van der Waals surface area contributed by atoms with E-state index in [0.717, 1.165) is 5.56 Å². The summed E-state index contributed by atoms with van der Waals surface area (Å²) in [5.74, 6) is 4.30. The maximum atomic E-state index is 10.3. The molecule has 0 aromatic heterocycles. The van der Waals surface area contributed by atoms with Crippen LogP contribution in [0.1, 0.15) is 38.3 Å². The molecule has 0 aliphatic rings. The minimum Gasteiger partial charge on any atom is -0.507 e. The van der Waals surface area contributed by atoms with E-state index in [-0.39, 0.29) is 17.6 Å². The van der Waals surface area contributed by atoms with Gasteiger partial charge in [-0.3, -0.25) is 4.79 Å². The maximum Gasteiger partial charge on any atom is 0.315 e. The number of hydrogen-bond donors (Lipinski definition) is 2. The van der Waals surface area contributed by atoms with Crippen LogP contribution >= 0.6 is 0 Å². The molecule has 1 aromatic rings. The molecule has 1 aromatic carbocycles. The molecule has 0 saturated carbocycles. The summed E-state index contributed by atoms with van der Waals surface area (Å²) in [6, 6.07) is 5.23. The number of aliphatic carboxylic acids is 1. The predicted octanol–water partition coefficient (Wildman–Crippen LogP) is 2.52. The minimum atomic E-state index is -0.969. The number of rotatable bonds is 1. The first-order valence-corrected chi connectivity index (χ1v) is 5.35. The van der Waals surface area contributed by atoms with Crippen LogP contribution in [0.15, 0.2) is 18.2 Å². The van der Waals surface area contributed by atoms with E-state index in [0.29, 0.717) is 5.56 Å². The van der Waals surface area contributed by atoms with Crippen LogP contribution in [0.2, 0.25) is 0 Å². The Labute approximate surface area is 101 Å². The van der Waals surface area contributed by atoms with E-state index in [1.165, 1.54) is 0 Å². The molecule has 0 aliphatic carbocycles. The molecular formula is C14H16O3. The highest BCUT2D eigenvalue weighted by molar-refractivity contribution is 5.70. The van der Waals surface area contributed by atoms with Gasteiger partial charge in [0.05, 0.1) is 5.56 Å². The molecule has 0 unspecified atom stereocenters. The fraction of sp³-hybridized carbons (Fsp3) is 0.357. The minimum absolute atomic E-state index is 0.0308. The summed E-state index contributed by atoms with van der Waals surface area (Å²) in [7, 11) is 0. The number of phenols is 1. The number of phenolic OH excluding ortho intramolecular Hbond substituents is 1. The molecule has 0 bridgehead atoms. The fourth-order valence-corrected chi connectivity index (χ4v) is 1.32. The number of aromatic hydroxyl groups is 1. The second-order valence-corrected chi connectivity index (χ2v) is 4.85. The van der Waals surface area contributed by atoms with Crippen LogP contribution in [-0.4, -0.2) is 16.2 Å². The van der Waals surface area contributed by atoms with E-state index < -0.39 is 5.97 Å². The molecule has 3 heteroatoms. The molecule has 0 fully saturated rings. The number of benzene rings is 1. The first-order chi connectivity index (χ1) is 7.80. The number of carboxylic acids is 1. The van der Waals surface area contributed by atoms with Crippen LogP contribution in [0, 0.1) is 11.8 Å². The lowest BCUT2D eigenvalue weighted by Gasteiger charge is -2.19. The lowest BCUT2D eigenvalue weighted by Crippen LogP contribution is -2.10. The van der Waals surface area contributed by atoms with Crippen molar-refractivity contribution in [3.05, 3.63) is 29.3 Å². The monoisotopic (exact) mass is 232 g/mol. The van der Waals surface area contributed by atoms with Gasteiger partial charge in [0.25, 0.3) is 0 Å². The molecule has 2 N–H and O–H groups in total. The second kappa shape index (κ2) is 4.92. The average molecular weight is 232 g/mol. The third kappa shape index (κ3) is 3.84. The zero-order valence-electron chi connectivity index (χ0n) is 10.2. The van der Waals surface area contributed by atoms with Crippen molar-refractivity contribution >= 4 is 5.97 Å². The summed E-state index contributed by atoms with van der Waals surface area (Å²) in [6.45, 7) is 6.19. The van der Waals surface area contributed by atoms with Gasteiger partial charge in [-0.25, -0.2) is 0 Å². The maximum absolute atomic E-state index is 10.3. The van der Waals surface area contributed by atoms with Crippen LogP contribution < -0.4 is 0 Å². The highest BCUT2D eigenvalue weighted by Crippen LogP contribution is 2.26. The van der Waals surface area contributed by atoms with Gasteiger partial charge in [-0.2, -0.15) is 0 Å². The first-order valence-electron chi connectivity index (χ1n) is 5.35. The Morgan fingerprint density at radius 3 is 2.53 bits per heavy atom. The largest absolute Gasteiger partial charge is 0.507 e. The summed E-state index contributed by atoms with van der Waals surface area (Å²) >= 11 is 0. The molecule has 0 spiro atoms. The zero-order chi connectivity index (χ0) is 13.1. The van der Waals surface area contributed by atoms with Crippen LogP contribution in [0.3, 0.4) is 0 Å². The van der Waals surface area contributed by atoms with E-state index in [1.807, 2.05) is 6.07 Å². The van der Waals surface area contributed by atoms with Crippen molar-refractivity contribution < 1.29 is 15.0 Å². The Kier molecular flexibility index (Phi) is 3.80. The SMILES string of the molecule is CC(C)(C)c1ccc(O)c(C#CCC(=O)O)c1. The van der Waals surface area contributed by atoms with Crippen molar-refractivity contribution in [2.24, 2.45) is 0 Å². The lowest BCUT2D eigenvalue weighted by molar-refractivity contribution is -0.135. The molecular weight excluding hydrogens is 216 g/mol. The quantitative estimate of drug-likeness (QED) is 0.731. The van der Waals surface area contributed by atoms with Crippen LogP contribution in [0.4, 0.5) is 0 Å². The molecule has 0 amide bonds. The molecule has 0 saturated heterocycles. The molecule has 0 heterocycles. The van der Waals surface area contributed by atoms with Gasteiger partial charge in [-0.1, -0.05) is 38.7 Å². The number of carboxylic acid groups (broad SMARTS) is 1. The lowest BCUT2D eigenvalue weighted by atomic mass is 9.86. The van der Waals surface area contributed by atoms with E-state index in [9.17, 15) is 9.90 Å². The standard InChI is InChI=1S/C14H16O3/c1-14(2,3)11-7-8-12(15)10(9-11)5-4-6-13(16)17/h7-9,15H,6H2,1-3H3,(H,16,17). The smallest absolute Gasteiger partial charge is 0.315 e. The molecule has 0 radical (unpaired) electrons. The Morgan fingerprint density at radius 1 is 1.35 bits per heavy atom. The van der Waals surface area contributed by atoms with Gasteiger partial charge >= 0.3 is 5.97 Å². The second-order valence-electron chi connectivity index (χ2n) is 4.85. The highest BCUT2D eigenvalue weighted by atomic mass is 16.4. The van der Waals surface area contributed by atoms with Crippen molar-refractivity contribution in [1.29, 1.82) is 0 Å². The normalized spacial score (nSPS) is 10.5. The molecule has 0 atom stereocenters. The van der Waals surface area contributed by atoms with Gasteiger partial charge in [0, 0.05) is 0 Å². The van der Waals surface area contributed by atoms with E-state index in [2.05, 4.69) is 32.6 Å². The molecule has 3 nitrogen and oxygen atoms in total. The van der Waals surface area contributed by atoms with Crippen LogP contribution in [0.25, 0.3) is 0 Å². The van der Waals surface area contributed by atoms with Crippen LogP contribution in [-0.2, 0) is 10.2 Å². The van der Waals surface area contributed by atoms with Crippen molar-refractivity contribution in [1.82, 2.24) is 0 Å². The topological polar surface area (TPSA) is 57.5 Å².